The number of rotatable bonds is 5. The zero-order chi connectivity index (χ0) is 13.9. The lowest BCUT2D eigenvalue weighted by atomic mass is 10.3. The Morgan fingerprint density at radius 2 is 2.21 bits per heavy atom. The number of alkyl halides is 2. The van der Waals surface area contributed by atoms with E-state index in [1.54, 1.807) is 24.4 Å². The van der Waals surface area contributed by atoms with Gasteiger partial charge in [0.25, 0.3) is 11.5 Å². The molecule has 0 radical (unpaired) electrons. The van der Waals surface area contributed by atoms with Crippen LogP contribution in [0.1, 0.15) is 5.69 Å². The molecule has 0 aromatic carbocycles. The second kappa shape index (κ2) is 5.41. The van der Waals surface area contributed by atoms with Crippen molar-refractivity contribution in [2.24, 2.45) is 0 Å². The summed E-state index contributed by atoms with van der Waals surface area (Å²) in [5, 5.41) is 10.9. The number of nitrogens with zero attached hydrogens (tertiary/aromatic N) is 2. The molecule has 0 saturated carbocycles. The van der Waals surface area contributed by atoms with Crippen molar-refractivity contribution in [2.45, 2.75) is 12.5 Å². The van der Waals surface area contributed by atoms with Crippen molar-refractivity contribution in [2.75, 3.05) is 13.2 Å². The van der Waals surface area contributed by atoms with E-state index in [0.717, 1.165) is 0 Å². The highest BCUT2D eigenvalue weighted by molar-refractivity contribution is 5.37. The van der Waals surface area contributed by atoms with Gasteiger partial charge >= 0.3 is 0 Å². The molecule has 2 heterocycles. The smallest absolute Gasteiger partial charge is 0.282 e. The van der Waals surface area contributed by atoms with Crippen LogP contribution in [0.5, 0.6) is 0 Å². The van der Waals surface area contributed by atoms with Gasteiger partial charge in [-0.05, 0) is 12.1 Å². The van der Waals surface area contributed by atoms with Crippen LogP contribution >= 0.6 is 0 Å². The Morgan fingerprint density at radius 3 is 2.95 bits per heavy atom. The molecule has 2 aromatic heterocycles. The number of aliphatic hydroxyl groups excluding tert-OH is 1. The molecule has 5 nitrogen and oxygen atoms in total. The van der Waals surface area contributed by atoms with Gasteiger partial charge in [-0.1, -0.05) is 6.07 Å². The van der Waals surface area contributed by atoms with E-state index in [9.17, 15) is 13.6 Å². The summed E-state index contributed by atoms with van der Waals surface area (Å²) in [6.07, 6.45) is 1.59. The Morgan fingerprint density at radius 1 is 1.42 bits per heavy atom. The van der Waals surface area contributed by atoms with E-state index in [-0.39, 0.29) is 12.1 Å². The Balaban J connectivity index is 2.12. The molecule has 0 atom stereocenters. The fraction of sp³-hybridized carbons (Fsp3) is 0.333. The van der Waals surface area contributed by atoms with E-state index in [0.29, 0.717) is 11.3 Å². The summed E-state index contributed by atoms with van der Waals surface area (Å²) in [7, 11) is 0. The number of halogens is 2. The topological polar surface area (TPSA) is 66.6 Å². The lowest BCUT2D eigenvalue weighted by Gasteiger charge is -2.13. The van der Waals surface area contributed by atoms with Gasteiger partial charge < -0.3 is 10.4 Å². The fourth-order valence-corrected chi connectivity index (χ4v) is 1.62. The van der Waals surface area contributed by atoms with E-state index < -0.39 is 19.1 Å². The number of hydrogen-bond acceptors (Lipinski definition) is 4. The average Bonchev–Trinajstić information content (AvgIpc) is 2.39. The van der Waals surface area contributed by atoms with Crippen LogP contribution in [-0.4, -0.2) is 33.6 Å². The summed E-state index contributed by atoms with van der Waals surface area (Å²) in [4.78, 5) is 15.9. The number of fused-ring (bicyclic) bond motifs is 1. The van der Waals surface area contributed by atoms with Gasteiger partial charge in [-0.2, -0.15) is 0 Å². The van der Waals surface area contributed by atoms with Gasteiger partial charge in [0.05, 0.1) is 12.2 Å². The van der Waals surface area contributed by atoms with Gasteiger partial charge in [-0.15, -0.1) is 0 Å². The number of aromatic nitrogens is 2. The summed E-state index contributed by atoms with van der Waals surface area (Å²) in [6, 6.07) is 6.39. The van der Waals surface area contributed by atoms with Gasteiger partial charge in [0.1, 0.15) is 12.3 Å². The van der Waals surface area contributed by atoms with Crippen LogP contribution in [-0.2, 0) is 6.54 Å². The van der Waals surface area contributed by atoms with E-state index >= 15 is 0 Å². The van der Waals surface area contributed by atoms with Crippen LogP contribution in [0.3, 0.4) is 0 Å². The predicted molar refractivity (Wildman–Crippen MR) is 65.2 cm³/mol. The molecule has 0 bridgehead atoms. The maximum Gasteiger partial charge on any atom is 0.282 e. The SMILES string of the molecule is O=c1cc(CNCC(F)(F)CO)nc2ccccn12. The minimum absolute atomic E-state index is 0.0379. The molecule has 0 amide bonds. The molecule has 0 aliphatic heterocycles. The van der Waals surface area contributed by atoms with Gasteiger partial charge in [0.15, 0.2) is 0 Å². The number of aliphatic hydroxyl groups is 1. The first kappa shape index (κ1) is 13.6. The van der Waals surface area contributed by atoms with E-state index in [4.69, 9.17) is 5.11 Å². The van der Waals surface area contributed by atoms with Crippen LogP contribution in [0.2, 0.25) is 0 Å². The molecule has 2 N–H and O–H groups in total. The van der Waals surface area contributed by atoms with Crippen molar-refractivity contribution in [1.29, 1.82) is 0 Å². The van der Waals surface area contributed by atoms with Crippen LogP contribution < -0.4 is 10.9 Å². The summed E-state index contributed by atoms with van der Waals surface area (Å²) in [6.45, 7) is -1.84. The maximum atomic E-state index is 12.8. The second-order valence-electron chi connectivity index (χ2n) is 4.13. The predicted octanol–water partition coefficient (Wildman–Crippen LogP) is 0.412. The van der Waals surface area contributed by atoms with Gasteiger partial charge in [0.2, 0.25) is 0 Å². The highest BCUT2D eigenvalue weighted by Gasteiger charge is 2.26. The third-order valence-electron chi connectivity index (χ3n) is 2.55. The number of pyridine rings is 1. The highest BCUT2D eigenvalue weighted by Crippen LogP contribution is 2.10. The van der Waals surface area contributed by atoms with Gasteiger partial charge in [-0.25, -0.2) is 13.8 Å². The van der Waals surface area contributed by atoms with Crippen LogP contribution in [0.4, 0.5) is 8.78 Å². The first-order valence-corrected chi connectivity index (χ1v) is 5.68. The summed E-state index contributed by atoms with van der Waals surface area (Å²) >= 11 is 0. The lowest BCUT2D eigenvalue weighted by Crippen LogP contribution is -2.35. The molecule has 0 fully saturated rings. The molecule has 102 valence electrons. The Labute approximate surface area is 107 Å². The normalized spacial score (nSPS) is 11.9. The second-order valence-corrected chi connectivity index (χ2v) is 4.13. The molecule has 2 rings (SSSR count). The standard InChI is InChI=1S/C12H13F2N3O2/c13-12(14,8-18)7-15-6-9-5-11(19)17-4-2-1-3-10(17)16-9/h1-5,15,18H,6-8H2. The molecule has 0 saturated heterocycles. The summed E-state index contributed by atoms with van der Waals surface area (Å²) in [5.41, 5.74) is 0.571. The van der Waals surface area contributed by atoms with E-state index in [2.05, 4.69) is 10.3 Å². The van der Waals surface area contributed by atoms with Crippen molar-refractivity contribution in [1.82, 2.24) is 14.7 Å². The monoisotopic (exact) mass is 269 g/mol. The highest BCUT2D eigenvalue weighted by atomic mass is 19.3. The van der Waals surface area contributed by atoms with E-state index in [1.807, 2.05) is 0 Å². The molecule has 7 heteroatoms. The zero-order valence-corrected chi connectivity index (χ0v) is 10.0. The van der Waals surface area contributed by atoms with E-state index in [1.165, 1.54) is 10.5 Å². The third kappa shape index (κ3) is 3.33. The molecule has 0 spiro atoms. The zero-order valence-electron chi connectivity index (χ0n) is 10.0. The van der Waals surface area contributed by atoms with Gasteiger partial charge in [-0.3, -0.25) is 9.20 Å². The minimum atomic E-state index is -3.17. The van der Waals surface area contributed by atoms with Gasteiger partial charge in [0, 0.05) is 18.8 Å². The first-order valence-electron chi connectivity index (χ1n) is 5.68. The molecule has 0 unspecified atom stereocenters. The molecule has 19 heavy (non-hydrogen) atoms. The summed E-state index contributed by atoms with van der Waals surface area (Å²) < 4.78 is 26.9. The van der Waals surface area contributed by atoms with Crippen molar-refractivity contribution in [3.8, 4) is 0 Å². The Bertz CT molecular complexity index is 628. The average molecular weight is 269 g/mol. The third-order valence-corrected chi connectivity index (χ3v) is 2.55. The Kier molecular flexibility index (Phi) is 3.87. The van der Waals surface area contributed by atoms with Crippen molar-refractivity contribution >= 4 is 5.65 Å². The molecule has 2 aromatic rings. The first-order chi connectivity index (χ1) is 9.02. The molecular formula is C12H13F2N3O2. The minimum Gasteiger partial charge on any atom is -0.390 e. The van der Waals surface area contributed by atoms with Crippen molar-refractivity contribution in [3.63, 3.8) is 0 Å². The number of nitrogens with one attached hydrogen (secondary N) is 1. The fourth-order valence-electron chi connectivity index (χ4n) is 1.62. The molecular weight excluding hydrogens is 256 g/mol. The van der Waals surface area contributed by atoms with Crippen LogP contribution in [0.15, 0.2) is 35.3 Å². The van der Waals surface area contributed by atoms with Crippen LogP contribution in [0, 0.1) is 0 Å². The number of hydrogen-bond donors (Lipinski definition) is 2. The van der Waals surface area contributed by atoms with Crippen molar-refractivity contribution < 1.29 is 13.9 Å². The summed E-state index contributed by atoms with van der Waals surface area (Å²) in [5.74, 6) is -3.17. The quantitative estimate of drug-likeness (QED) is 0.825. The lowest BCUT2D eigenvalue weighted by molar-refractivity contribution is -0.0478. The maximum absolute atomic E-state index is 12.8. The molecule has 0 aliphatic carbocycles. The Hall–Kier alpha value is -1.86. The van der Waals surface area contributed by atoms with Crippen molar-refractivity contribution in [3.05, 3.63) is 46.5 Å². The largest absolute Gasteiger partial charge is 0.390 e. The van der Waals surface area contributed by atoms with Crippen LogP contribution in [0.25, 0.3) is 5.65 Å². The molecule has 0 aliphatic rings.